The van der Waals surface area contributed by atoms with Crippen LogP contribution in [0.4, 0.5) is 0 Å². The Morgan fingerprint density at radius 2 is 2.04 bits per heavy atom. The van der Waals surface area contributed by atoms with E-state index in [1.54, 1.807) is 10.8 Å². The normalized spacial score (nSPS) is 19.4. The van der Waals surface area contributed by atoms with Gasteiger partial charge in [-0.25, -0.2) is 4.79 Å². The minimum absolute atomic E-state index is 0.162. The molecule has 2 atom stereocenters. The second kappa shape index (κ2) is 8.19. The van der Waals surface area contributed by atoms with E-state index in [1.165, 1.54) is 12.8 Å². The number of hydrogen-bond acceptors (Lipinski definition) is 5. The lowest BCUT2D eigenvalue weighted by atomic mass is 10.1. The molecule has 0 saturated carbocycles. The lowest BCUT2D eigenvalue weighted by Gasteiger charge is -2.13. The Labute approximate surface area is 164 Å². The third kappa shape index (κ3) is 3.97. The number of nitrogens with zero attached hydrogens (tertiary/aromatic N) is 2. The summed E-state index contributed by atoms with van der Waals surface area (Å²) in [4.78, 5) is 16.5. The van der Waals surface area contributed by atoms with Gasteiger partial charge in [0.25, 0.3) is 0 Å². The SMILES string of the molecule is CCCCCOc1ccc(-c2cc3cn([C@H]4CCC(C)O4)c(=O)nc3o2)cc1. The van der Waals surface area contributed by atoms with Crippen LogP contribution in [0.2, 0.25) is 0 Å². The number of unbranched alkanes of at least 4 members (excludes halogenated alkanes) is 2. The Hall–Kier alpha value is -2.60. The van der Waals surface area contributed by atoms with Crippen molar-refractivity contribution < 1.29 is 13.9 Å². The highest BCUT2D eigenvalue weighted by Crippen LogP contribution is 2.30. The van der Waals surface area contributed by atoms with E-state index in [0.29, 0.717) is 11.5 Å². The van der Waals surface area contributed by atoms with E-state index >= 15 is 0 Å². The van der Waals surface area contributed by atoms with E-state index < -0.39 is 0 Å². The standard InChI is InChI=1S/C22H26N2O4/c1-3-4-5-12-26-18-9-7-16(8-10-18)19-13-17-14-24(20-11-6-15(2)27-20)22(25)23-21(17)28-19/h7-10,13-15,20H,3-6,11-12H2,1-2H3/t15?,20-/m1/s1. The van der Waals surface area contributed by atoms with Crippen LogP contribution in [0.5, 0.6) is 5.75 Å². The van der Waals surface area contributed by atoms with Crippen LogP contribution in [0.1, 0.15) is 52.2 Å². The van der Waals surface area contributed by atoms with Gasteiger partial charge in [-0.15, -0.1) is 0 Å². The molecular formula is C22H26N2O4. The lowest BCUT2D eigenvalue weighted by Crippen LogP contribution is -2.26. The van der Waals surface area contributed by atoms with Crippen molar-refractivity contribution in [3.8, 4) is 17.1 Å². The predicted molar refractivity (Wildman–Crippen MR) is 108 cm³/mol. The van der Waals surface area contributed by atoms with Crippen molar-refractivity contribution in [1.82, 2.24) is 9.55 Å². The Bertz CT molecular complexity index is 990. The van der Waals surface area contributed by atoms with Gasteiger partial charge in [-0.3, -0.25) is 4.57 Å². The topological polar surface area (TPSA) is 66.5 Å². The number of ether oxygens (including phenoxy) is 2. The molecule has 4 rings (SSSR count). The van der Waals surface area contributed by atoms with E-state index in [-0.39, 0.29) is 18.0 Å². The first-order valence-electron chi connectivity index (χ1n) is 10.1. The van der Waals surface area contributed by atoms with E-state index in [4.69, 9.17) is 13.9 Å². The summed E-state index contributed by atoms with van der Waals surface area (Å²) in [5, 5.41) is 0.789. The maximum absolute atomic E-state index is 12.4. The molecule has 0 radical (unpaired) electrons. The average Bonchev–Trinajstić information content (AvgIpc) is 3.31. The number of hydrogen-bond donors (Lipinski definition) is 0. The van der Waals surface area contributed by atoms with Crippen LogP contribution in [0.15, 0.2) is 45.7 Å². The molecule has 1 aliphatic heterocycles. The number of aromatic nitrogens is 2. The van der Waals surface area contributed by atoms with E-state index in [1.807, 2.05) is 37.3 Å². The van der Waals surface area contributed by atoms with Crippen LogP contribution in [0, 0.1) is 0 Å². The third-order valence-corrected chi connectivity index (χ3v) is 5.11. The van der Waals surface area contributed by atoms with Gasteiger partial charge in [-0.1, -0.05) is 19.8 Å². The van der Waals surface area contributed by atoms with Crippen molar-refractivity contribution in [3.63, 3.8) is 0 Å². The molecule has 1 aromatic carbocycles. The van der Waals surface area contributed by atoms with E-state index in [0.717, 1.165) is 42.6 Å². The average molecular weight is 382 g/mol. The minimum Gasteiger partial charge on any atom is -0.494 e. The van der Waals surface area contributed by atoms with Gasteiger partial charge in [0.2, 0.25) is 5.71 Å². The largest absolute Gasteiger partial charge is 0.494 e. The van der Waals surface area contributed by atoms with Crippen molar-refractivity contribution in [1.29, 1.82) is 0 Å². The fourth-order valence-electron chi connectivity index (χ4n) is 3.52. The van der Waals surface area contributed by atoms with E-state index in [9.17, 15) is 4.79 Å². The first-order valence-corrected chi connectivity index (χ1v) is 10.1. The fourth-order valence-corrected chi connectivity index (χ4v) is 3.52. The number of furan rings is 1. The molecule has 0 bridgehead atoms. The summed E-state index contributed by atoms with van der Waals surface area (Å²) < 4.78 is 18.9. The molecule has 1 fully saturated rings. The van der Waals surface area contributed by atoms with Crippen molar-refractivity contribution in [3.05, 3.63) is 47.0 Å². The monoisotopic (exact) mass is 382 g/mol. The molecule has 148 valence electrons. The van der Waals surface area contributed by atoms with Gasteiger partial charge < -0.3 is 13.9 Å². The molecule has 1 unspecified atom stereocenters. The Kier molecular flexibility index (Phi) is 5.48. The molecule has 0 N–H and O–H groups in total. The summed E-state index contributed by atoms with van der Waals surface area (Å²) in [7, 11) is 0. The van der Waals surface area contributed by atoms with Gasteiger partial charge in [-0.2, -0.15) is 4.98 Å². The van der Waals surface area contributed by atoms with Crippen LogP contribution in [-0.2, 0) is 4.74 Å². The van der Waals surface area contributed by atoms with Gasteiger partial charge in [0, 0.05) is 11.8 Å². The molecular weight excluding hydrogens is 356 g/mol. The summed E-state index contributed by atoms with van der Waals surface area (Å²) in [6, 6.07) is 9.71. The molecule has 6 heteroatoms. The van der Waals surface area contributed by atoms with Crippen LogP contribution in [0.3, 0.4) is 0 Å². The number of fused-ring (bicyclic) bond motifs is 1. The van der Waals surface area contributed by atoms with Crippen LogP contribution in [0.25, 0.3) is 22.4 Å². The van der Waals surface area contributed by atoms with Gasteiger partial charge in [0.15, 0.2) is 0 Å². The molecule has 1 aliphatic rings. The van der Waals surface area contributed by atoms with Crippen LogP contribution in [-0.4, -0.2) is 22.3 Å². The van der Waals surface area contributed by atoms with Gasteiger partial charge in [-0.05, 0) is 56.5 Å². The maximum Gasteiger partial charge on any atom is 0.353 e. The second-order valence-corrected chi connectivity index (χ2v) is 7.36. The van der Waals surface area contributed by atoms with Crippen LogP contribution >= 0.6 is 0 Å². The summed E-state index contributed by atoms with van der Waals surface area (Å²) in [6.45, 7) is 4.93. The first kappa shape index (κ1) is 18.7. The molecule has 0 amide bonds. The third-order valence-electron chi connectivity index (χ3n) is 5.11. The maximum atomic E-state index is 12.4. The smallest absolute Gasteiger partial charge is 0.353 e. The number of benzene rings is 1. The van der Waals surface area contributed by atoms with Gasteiger partial charge in [0.1, 0.15) is 17.7 Å². The highest BCUT2D eigenvalue weighted by atomic mass is 16.5. The van der Waals surface area contributed by atoms with Gasteiger partial charge in [0.05, 0.1) is 18.1 Å². The molecule has 1 saturated heterocycles. The summed E-state index contributed by atoms with van der Waals surface area (Å²) in [6.07, 6.45) is 6.88. The van der Waals surface area contributed by atoms with E-state index in [2.05, 4.69) is 11.9 Å². The Morgan fingerprint density at radius 1 is 1.21 bits per heavy atom. The first-order chi connectivity index (χ1) is 13.6. The summed E-state index contributed by atoms with van der Waals surface area (Å²) in [5.74, 6) is 1.53. The second-order valence-electron chi connectivity index (χ2n) is 7.36. The molecule has 28 heavy (non-hydrogen) atoms. The molecule has 3 heterocycles. The summed E-state index contributed by atoms with van der Waals surface area (Å²) in [5.41, 5.74) is 0.925. The molecule has 2 aromatic heterocycles. The summed E-state index contributed by atoms with van der Waals surface area (Å²) >= 11 is 0. The Balaban J connectivity index is 1.53. The molecule has 0 aliphatic carbocycles. The zero-order valence-corrected chi connectivity index (χ0v) is 16.4. The van der Waals surface area contributed by atoms with Crippen molar-refractivity contribution in [2.75, 3.05) is 6.61 Å². The van der Waals surface area contributed by atoms with Crippen molar-refractivity contribution in [2.24, 2.45) is 0 Å². The number of rotatable bonds is 7. The molecule has 3 aromatic rings. The minimum atomic E-state index is -0.344. The molecule has 0 spiro atoms. The zero-order chi connectivity index (χ0) is 19.5. The van der Waals surface area contributed by atoms with Gasteiger partial charge >= 0.3 is 5.69 Å². The van der Waals surface area contributed by atoms with Crippen molar-refractivity contribution >= 4 is 11.1 Å². The highest BCUT2D eigenvalue weighted by Gasteiger charge is 2.25. The predicted octanol–water partition coefficient (Wildman–Crippen LogP) is 4.92. The van der Waals surface area contributed by atoms with Crippen LogP contribution < -0.4 is 10.4 Å². The fraction of sp³-hybridized carbons (Fsp3) is 0.455. The Morgan fingerprint density at radius 3 is 2.75 bits per heavy atom. The van der Waals surface area contributed by atoms with Crippen molar-refractivity contribution in [2.45, 2.75) is 58.3 Å². The highest BCUT2D eigenvalue weighted by molar-refractivity contribution is 5.79. The molecule has 6 nitrogen and oxygen atoms in total. The lowest BCUT2D eigenvalue weighted by molar-refractivity contribution is 0.00828. The quantitative estimate of drug-likeness (QED) is 0.543. The zero-order valence-electron chi connectivity index (χ0n) is 16.4.